The van der Waals surface area contributed by atoms with E-state index in [0.717, 1.165) is 11.3 Å². The molecule has 0 N–H and O–H groups in total. The number of rotatable bonds is 8. The number of carboxylic acid groups (broad SMARTS) is 1. The zero-order valence-corrected chi connectivity index (χ0v) is 23.4. The fraction of sp³-hybridized carbons (Fsp3) is 0.200. The molecule has 1 aliphatic rings. The number of methoxy groups -OCH3 is 2. The summed E-state index contributed by atoms with van der Waals surface area (Å²) >= 11 is 1.16. The minimum atomic E-state index is -1.27. The molecule has 210 valence electrons. The average molecular weight is 574 g/mol. The molecule has 41 heavy (non-hydrogen) atoms. The topological polar surface area (TPSA) is 132 Å². The number of carbonyl (C=O) groups excluding carboxylic acids is 2. The number of nitrogens with zero attached hydrogens (tertiary/aromatic N) is 2. The Bertz CT molecular complexity index is 1860. The van der Waals surface area contributed by atoms with Crippen LogP contribution >= 0.6 is 11.3 Å². The lowest BCUT2D eigenvalue weighted by molar-refractivity contribution is -0.255. The predicted octanol–water partition coefficient (Wildman–Crippen LogP) is 2.44. The van der Waals surface area contributed by atoms with Gasteiger partial charge >= 0.3 is 5.97 Å². The van der Waals surface area contributed by atoms with Gasteiger partial charge in [0.1, 0.15) is 29.1 Å². The molecule has 0 saturated heterocycles. The van der Waals surface area contributed by atoms with E-state index in [1.54, 1.807) is 62.4 Å². The average Bonchev–Trinajstić information content (AvgIpc) is 3.56. The van der Waals surface area contributed by atoms with Crippen molar-refractivity contribution >= 4 is 29.4 Å². The van der Waals surface area contributed by atoms with Crippen LogP contribution in [0.1, 0.15) is 41.6 Å². The minimum absolute atomic E-state index is 0.0568. The summed E-state index contributed by atoms with van der Waals surface area (Å²) in [5.41, 5.74) is 1.52. The van der Waals surface area contributed by atoms with Crippen LogP contribution in [-0.4, -0.2) is 37.3 Å². The second-order valence-electron chi connectivity index (χ2n) is 8.98. The molecule has 2 aromatic carbocycles. The van der Waals surface area contributed by atoms with Crippen LogP contribution in [0.15, 0.2) is 80.1 Å². The van der Waals surface area contributed by atoms with Crippen LogP contribution in [-0.2, 0) is 9.53 Å². The molecule has 0 bridgehead atoms. The van der Waals surface area contributed by atoms with Crippen LogP contribution in [0.5, 0.6) is 11.5 Å². The number of carboxylic acids is 1. The standard InChI is InChI=1S/C30H26N2O8S/c1-5-39-29(36)25-16(2)31-30-32(26(25)21-14-19(37-3)10-13-23(21)38-4)27(33)24(41-30)15-20-11-12-22(40-20)17-6-8-18(9-7-17)28(34)35/h6-15,26H,5H2,1-4H3,(H,34,35)/p-1/b24-15-/t26-/m0/s1. The first-order valence-electron chi connectivity index (χ1n) is 12.6. The van der Waals surface area contributed by atoms with Crippen molar-refractivity contribution in [3.63, 3.8) is 0 Å². The molecular weight excluding hydrogens is 548 g/mol. The van der Waals surface area contributed by atoms with E-state index >= 15 is 0 Å². The molecule has 0 fully saturated rings. The summed E-state index contributed by atoms with van der Waals surface area (Å²) < 4.78 is 24.1. The number of aromatic carboxylic acids is 1. The van der Waals surface area contributed by atoms with E-state index in [1.165, 1.54) is 30.9 Å². The van der Waals surface area contributed by atoms with Gasteiger partial charge in [-0.05, 0) is 49.7 Å². The molecule has 0 saturated carbocycles. The number of carbonyl (C=O) groups is 2. The third-order valence-electron chi connectivity index (χ3n) is 6.55. The molecule has 1 aliphatic heterocycles. The summed E-state index contributed by atoms with van der Waals surface area (Å²) in [6, 6.07) is 13.8. The maximum atomic E-state index is 13.9. The van der Waals surface area contributed by atoms with Crippen LogP contribution in [0, 0.1) is 0 Å². The number of ether oxygens (including phenoxy) is 3. The Morgan fingerprint density at radius 2 is 1.85 bits per heavy atom. The van der Waals surface area contributed by atoms with Gasteiger partial charge in [0.2, 0.25) is 0 Å². The van der Waals surface area contributed by atoms with Gasteiger partial charge in [0.25, 0.3) is 5.56 Å². The molecular formula is C30H25N2O8S-. The Labute approximate surface area is 238 Å². The van der Waals surface area contributed by atoms with Crippen molar-refractivity contribution in [2.24, 2.45) is 4.99 Å². The van der Waals surface area contributed by atoms with Gasteiger partial charge < -0.3 is 28.5 Å². The van der Waals surface area contributed by atoms with Gasteiger partial charge in [-0.1, -0.05) is 35.6 Å². The summed E-state index contributed by atoms with van der Waals surface area (Å²) in [6.45, 7) is 3.56. The normalized spacial score (nSPS) is 14.8. The minimum Gasteiger partial charge on any atom is -0.545 e. The fourth-order valence-electron chi connectivity index (χ4n) is 4.62. The lowest BCUT2D eigenvalue weighted by Crippen LogP contribution is -2.40. The van der Waals surface area contributed by atoms with E-state index in [9.17, 15) is 19.5 Å². The number of benzene rings is 2. The maximum Gasteiger partial charge on any atom is 0.338 e. The monoisotopic (exact) mass is 573 g/mol. The highest BCUT2D eigenvalue weighted by molar-refractivity contribution is 7.07. The van der Waals surface area contributed by atoms with Crippen LogP contribution in [0.3, 0.4) is 0 Å². The first-order valence-corrected chi connectivity index (χ1v) is 13.4. The molecule has 0 aliphatic carbocycles. The third-order valence-corrected chi connectivity index (χ3v) is 7.54. The zero-order valence-electron chi connectivity index (χ0n) is 22.6. The van der Waals surface area contributed by atoms with Gasteiger partial charge in [0.05, 0.1) is 42.6 Å². The Morgan fingerprint density at radius 1 is 1.10 bits per heavy atom. The number of aromatic nitrogens is 1. The van der Waals surface area contributed by atoms with Gasteiger partial charge in [-0.3, -0.25) is 9.36 Å². The van der Waals surface area contributed by atoms with E-state index in [2.05, 4.69) is 4.99 Å². The second-order valence-corrected chi connectivity index (χ2v) is 9.99. The number of esters is 1. The van der Waals surface area contributed by atoms with Crippen molar-refractivity contribution in [3.05, 3.63) is 102 Å². The molecule has 2 aromatic heterocycles. The van der Waals surface area contributed by atoms with Crippen molar-refractivity contribution in [2.75, 3.05) is 20.8 Å². The smallest absolute Gasteiger partial charge is 0.338 e. The van der Waals surface area contributed by atoms with Gasteiger partial charge in [0, 0.05) is 17.2 Å². The molecule has 0 radical (unpaired) electrons. The molecule has 10 nitrogen and oxygen atoms in total. The van der Waals surface area contributed by atoms with Gasteiger partial charge in [-0.15, -0.1) is 0 Å². The molecule has 1 atom stereocenters. The third kappa shape index (κ3) is 5.19. The van der Waals surface area contributed by atoms with Crippen LogP contribution in [0.2, 0.25) is 0 Å². The molecule has 11 heteroatoms. The molecule has 5 rings (SSSR count). The SMILES string of the molecule is CCOC(=O)C1=C(C)N=c2s/c(=C\c3ccc(-c4ccc(C(=O)[O-])cc4)o3)c(=O)n2[C@H]1c1cc(OC)ccc1OC. The van der Waals surface area contributed by atoms with Crippen molar-refractivity contribution in [2.45, 2.75) is 19.9 Å². The van der Waals surface area contributed by atoms with E-state index in [4.69, 9.17) is 18.6 Å². The van der Waals surface area contributed by atoms with Gasteiger partial charge in [-0.25, -0.2) is 9.79 Å². The molecule has 0 unspecified atom stereocenters. The fourth-order valence-corrected chi connectivity index (χ4v) is 5.65. The summed E-state index contributed by atoms with van der Waals surface area (Å²) in [5, 5.41) is 11.0. The largest absolute Gasteiger partial charge is 0.545 e. The highest BCUT2D eigenvalue weighted by atomic mass is 32.1. The van der Waals surface area contributed by atoms with Crippen molar-refractivity contribution in [1.82, 2.24) is 4.57 Å². The van der Waals surface area contributed by atoms with Crippen molar-refractivity contribution in [3.8, 4) is 22.8 Å². The van der Waals surface area contributed by atoms with E-state index in [0.29, 0.717) is 49.2 Å². The molecule has 4 aromatic rings. The second kappa shape index (κ2) is 11.3. The van der Waals surface area contributed by atoms with Gasteiger partial charge in [0.15, 0.2) is 4.80 Å². The lowest BCUT2D eigenvalue weighted by atomic mass is 9.95. The van der Waals surface area contributed by atoms with Gasteiger partial charge in [-0.2, -0.15) is 0 Å². The van der Waals surface area contributed by atoms with E-state index in [-0.39, 0.29) is 23.3 Å². The molecule has 3 heterocycles. The number of fused-ring (bicyclic) bond motifs is 1. The first kappa shape index (κ1) is 27.7. The highest BCUT2D eigenvalue weighted by Gasteiger charge is 2.35. The summed E-state index contributed by atoms with van der Waals surface area (Å²) in [5.74, 6) is 0.0369. The summed E-state index contributed by atoms with van der Waals surface area (Å²) in [4.78, 5) is 43.1. The number of hydrogen-bond donors (Lipinski definition) is 0. The Hall–Kier alpha value is -4.90. The van der Waals surface area contributed by atoms with E-state index in [1.807, 2.05) is 0 Å². The predicted molar refractivity (Wildman–Crippen MR) is 148 cm³/mol. The number of hydrogen-bond acceptors (Lipinski definition) is 10. The molecule has 0 spiro atoms. The van der Waals surface area contributed by atoms with Crippen molar-refractivity contribution in [1.29, 1.82) is 0 Å². The van der Waals surface area contributed by atoms with E-state index < -0.39 is 18.0 Å². The van der Waals surface area contributed by atoms with Crippen LogP contribution in [0.25, 0.3) is 17.4 Å². The van der Waals surface area contributed by atoms with Crippen LogP contribution in [0.4, 0.5) is 0 Å². The highest BCUT2D eigenvalue weighted by Crippen LogP contribution is 2.37. The quantitative estimate of drug-likeness (QED) is 0.294. The Kier molecular flexibility index (Phi) is 7.62. The number of allylic oxidation sites excluding steroid dienone is 1. The first-order chi connectivity index (χ1) is 19.7. The molecule has 0 amide bonds. The Balaban J connectivity index is 1.64. The number of thiazole rings is 1. The summed E-state index contributed by atoms with van der Waals surface area (Å²) in [6.07, 6.45) is 1.60. The Morgan fingerprint density at radius 3 is 2.51 bits per heavy atom. The van der Waals surface area contributed by atoms with Crippen molar-refractivity contribution < 1.29 is 33.3 Å². The maximum absolute atomic E-state index is 13.9. The lowest BCUT2D eigenvalue weighted by Gasteiger charge is -2.26. The summed E-state index contributed by atoms with van der Waals surface area (Å²) in [7, 11) is 3.04. The zero-order chi connectivity index (χ0) is 29.3. The van der Waals surface area contributed by atoms with Crippen LogP contribution < -0.4 is 29.5 Å². The number of furan rings is 1.